The lowest BCUT2D eigenvalue weighted by Crippen LogP contribution is -2.60. The Kier molecular flexibility index (Phi) is 7.84. The summed E-state index contributed by atoms with van der Waals surface area (Å²) in [5, 5.41) is 39.2. The van der Waals surface area contributed by atoms with E-state index in [0.717, 1.165) is 5.56 Å². The Bertz CT molecular complexity index is 606. The lowest BCUT2D eigenvalue weighted by molar-refractivity contribution is -0.277. The molecule has 9 heteroatoms. The Morgan fingerprint density at radius 2 is 1.63 bits per heavy atom. The number of hydrogen-bond acceptors (Lipinski definition) is 9. The molecule has 2 rings (SSSR count). The molecule has 1 aromatic carbocycles. The summed E-state index contributed by atoms with van der Waals surface area (Å²) in [6.45, 7) is -0.115. The van der Waals surface area contributed by atoms with E-state index in [4.69, 9.17) is 23.7 Å². The zero-order valence-electron chi connectivity index (χ0n) is 15.4. The quantitative estimate of drug-likeness (QED) is 0.469. The summed E-state index contributed by atoms with van der Waals surface area (Å²) in [7, 11) is 4.47. The second kappa shape index (κ2) is 9.88. The van der Waals surface area contributed by atoms with Gasteiger partial charge in [-0.05, 0) is 17.7 Å². The van der Waals surface area contributed by atoms with Gasteiger partial charge in [-0.3, -0.25) is 0 Å². The van der Waals surface area contributed by atoms with Crippen molar-refractivity contribution in [3.63, 3.8) is 0 Å². The maximum Gasteiger partial charge on any atom is 0.229 e. The van der Waals surface area contributed by atoms with Crippen LogP contribution in [0.2, 0.25) is 0 Å². The van der Waals surface area contributed by atoms with Gasteiger partial charge in [0.1, 0.15) is 24.4 Å². The van der Waals surface area contributed by atoms with Gasteiger partial charge in [0.2, 0.25) is 12.0 Å². The minimum atomic E-state index is -1.55. The molecule has 1 aliphatic heterocycles. The summed E-state index contributed by atoms with van der Waals surface area (Å²) in [6, 6.07) is 3.38. The molecule has 4 N–H and O–H groups in total. The third-order valence-corrected chi connectivity index (χ3v) is 4.14. The van der Waals surface area contributed by atoms with Crippen LogP contribution < -0.4 is 14.2 Å². The zero-order valence-corrected chi connectivity index (χ0v) is 15.4. The number of methoxy groups -OCH3 is 3. The largest absolute Gasteiger partial charge is 0.493 e. The molecule has 0 aromatic heterocycles. The molecule has 152 valence electrons. The van der Waals surface area contributed by atoms with Crippen molar-refractivity contribution < 1.29 is 44.1 Å². The standard InChI is InChI=1S/C18H26O9/c1-23-6-4-5-10-7-11(24-2)17(12(8-10)25-3)27-18-16(22)15(21)14(20)13(9-19)26-18/h4-5,7-8,13-16,18-22H,6,9H2,1-3H3/b5-4+/t13-,14-,15+,16-,18+/m0/s1. The highest BCUT2D eigenvalue weighted by molar-refractivity contribution is 5.62. The molecule has 1 aliphatic rings. The zero-order chi connectivity index (χ0) is 20.0. The number of benzene rings is 1. The van der Waals surface area contributed by atoms with Crippen molar-refractivity contribution in [1.82, 2.24) is 0 Å². The third kappa shape index (κ3) is 4.89. The fraction of sp³-hybridized carbons (Fsp3) is 0.556. The Morgan fingerprint density at radius 3 is 2.15 bits per heavy atom. The first-order chi connectivity index (χ1) is 13.0. The van der Waals surface area contributed by atoms with Crippen molar-refractivity contribution in [3.8, 4) is 17.2 Å². The molecular weight excluding hydrogens is 360 g/mol. The van der Waals surface area contributed by atoms with E-state index in [1.807, 2.05) is 12.2 Å². The molecule has 0 amide bonds. The van der Waals surface area contributed by atoms with Gasteiger partial charge in [0.05, 0.1) is 27.4 Å². The fourth-order valence-electron chi connectivity index (χ4n) is 2.67. The average Bonchev–Trinajstić information content (AvgIpc) is 2.68. The molecule has 0 unspecified atom stereocenters. The lowest BCUT2D eigenvalue weighted by Gasteiger charge is -2.39. The Hall–Kier alpha value is -1.88. The van der Waals surface area contributed by atoms with Gasteiger partial charge in [-0.1, -0.05) is 12.2 Å². The van der Waals surface area contributed by atoms with E-state index in [2.05, 4.69) is 0 Å². The van der Waals surface area contributed by atoms with Crippen LogP contribution in [0.4, 0.5) is 0 Å². The highest BCUT2D eigenvalue weighted by Crippen LogP contribution is 2.40. The van der Waals surface area contributed by atoms with Gasteiger partial charge in [0.25, 0.3) is 0 Å². The van der Waals surface area contributed by atoms with Gasteiger partial charge in [0, 0.05) is 7.11 Å². The molecule has 0 spiro atoms. The number of aliphatic hydroxyl groups is 4. The van der Waals surface area contributed by atoms with Crippen LogP contribution in [-0.4, -0.2) is 85.7 Å². The average molecular weight is 386 g/mol. The van der Waals surface area contributed by atoms with Gasteiger partial charge >= 0.3 is 0 Å². The minimum absolute atomic E-state index is 0.147. The van der Waals surface area contributed by atoms with Crippen LogP contribution in [0.5, 0.6) is 17.2 Å². The molecule has 0 aliphatic carbocycles. The third-order valence-electron chi connectivity index (χ3n) is 4.14. The summed E-state index contributed by atoms with van der Waals surface area (Å²) in [4.78, 5) is 0. The van der Waals surface area contributed by atoms with Crippen LogP contribution in [-0.2, 0) is 9.47 Å². The van der Waals surface area contributed by atoms with Crippen LogP contribution in [0.15, 0.2) is 18.2 Å². The van der Waals surface area contributed by atoms with Crippen molar-refractivity contribution >= 4 is 6.08 Å². The Morgan fingerprint density at radius 1 is 1.00 bits per heavy atom. The second-order valence-electron chi connectivity index (χ2n) is 5.93. The maximum atomic E-state index is 10.2. The molecular formula is C18H26O9. The highest BCUT2D eigenvalue weighted by atomic mass is 16.7. The van der Waals surface area contributed by atoms with Gasteiger partial charge in [0.15, 0.2) is 11.5 Å². The van der Waals surface area contributed by atoms with Crippen LogP contribution in [0.3, 0.4) is 0 Å². The normalized spacial score (nSPS) is 28.3. The summed E-state index contributed by atoms with van der Waals surface area (Å²) >= 11 is 0. The monoisotopic (exact) mass is 386 g/mol. The number of hydrogen-bond donors (Lipinski definition) is 4. The van der Waals surface area contributed by atoms with E-state index in [1.54, 1.807) is 19.2 Å². The van der Waals surface area contributed by atoms with Crippen molar-refractivity contribution in [2.24, 2.45) is 0 Å². The molecule has 1 saturated heterocycles. The van der Waals surface area contributed by atoms with Crippen LogP contribution in [0.25, 0.3) is 6.08 Å². The molecule has 27 heavy (non-hydrogen) atoms. The Labute approximate surface area is 157 Å². The van der Waals surface area contributed by atoms with Crippen molar-refractivity contribution in [3.05, 3.63) is 23.8 Å². The topological polar surface area (TPSA) is 127 Å². The number of ether oxygens (including phenoxy) is 5. The van der Waals surface area contributed by atoms with Crippen molar-refractivity contribution in [1.29, 1.82) is 0 Å². The second-order valence-corrected chi connectivity index (χ2v) is 5.93. The van der Waals surface area contributed by atoms with E-state index >= 15 is 0 Å². The van der Waals surface area contributed by atoms with Gasteiger partial charge < -0.3 is 44.1 Å². The first-order valence-corrected chi connectivity index (χ1v) is 8.35. The fourth-order valence-corrected chi connectivity index (χ4v) is 2.67. The molecule has 0 radical (unpaired) electrons. The molecule has 1 heterocycles. The Balaban J connectivity index is 2.31. The van der Waals surface area contributed by atoms with Crippen molar-refractivity contribution in [2.75, 3.05) is 34.5 Å². The molecule has 1 fully saturated rings. The van der Waals surface area contributed by atoms with E-state index in [1.165, 1.54) is 14.2 Å². The summed E-state index contributed by atoms with van der Waals surface area (Å²) in [6.07, 6.45) is -3.37. The first-order valence-electron chi connectivity index (χ1n) is 8.35. The smallest absolute Gasteiger partial charge is 0.229 e. The summed E-state index contributed by atoms with van der Waals surface area (Å²) in [5.41, 5.74) is 0.766. The summed E-state index contributed by atoms with van der Waals surface area (Å²) < 4.78 is 26.7. The van der Waals surface area contributed by atoms with Gasteiger partial charge in [-0.2, -0.15) is 0 Å². The maximum absolute atomic E-state index is 10.2. The number of aliphatic hydroxyl groups excluding tert-OH is 4. The van der Waals surface area contributed by atoms with Crippen molar-refractivity contribution in [2.45, 2.75) is 30.7 Å². The molecule has 5 atom stereocenters. The van der Waals surface area contributed by atoms with E-state index < -0.39 is 37.3 Å². The predicted molar refractivity (Wildman–Crippen MR) is 94.9 cm³/mol. The van der Waals surface area contributed by atoms with Crippen LogP contribution in [0.1, 0.15) is 5.56 Å². The first kappa shape index (κ1) is 21.4. The molecule has 0 bridgehead atoms. The SMILES string of the molecule is COC/C=C/c1cc(OC)c(O[C@H]2O[C@@H](CO)[C@H](O)[C@@H](O)[C@@H]2O)c(OC)c1. The van der Waals surface area contributed by atoms with Crippen LogP contribution >= 0.6 is 0 Å². The molecule has 9 nitrogen and oxygen atoms in total. The summed E-state index contributed by atoms with van der Waals surface area (Å²) in [5.74, 6) is 0.764. The van der Waals surface area contributed by atoms with E-state index in [-0.39, 0.29) is 5.75 Å². The van der Waals surface area contributed by atoms with Crippen LogP contribution in [0, 0.1) is 0 Å². The van der Waals surface area contributed by atoms with E-state index in [0.29, 0.717) is 18.1 Å². The molecule has 1 aromatic rings. The number of rotatable bonds is 8. The van der Waals surface area contributed by atoms with E-state index in [9.17, 15) is 20.4 Å². The van der Waals surface area contributed by atoms with Gasteiger partial charge in [-0.25, -0.2) is 0 Å². The van der Waals surface area contributed by atoms with Gasteiger partial charge in [-0.15, -0.1) is 0 Å². The highest BCUT2D eigenvalue weighted by Gasteiger charge is 2.45. The molecule has 0 saturated carbocycles. The lowest BCUT2D eigenvalue weighted by atomic mass is 9.99. The predicted octanol–water partition coefficient (Wildman–Crippen LogP) is -0.458. The minimum Gasteiger partial charge on any atom is -0.493 e.